The number of anilines is 1. The third-order valence-electron chi connectivity index (χ3n) is 4.55. The van der Waals surface area contributed by atoms with Crippen LogP contribution in [0.2, 0.25) is 0 Å². The number of piperazine rings is 1. The first-order valence-corrected chi connectivity index (χ1v) is 7.53. The summed E-state index contributed by atoms with van der Waals surface area (Å²) >= 11 is 0. The number of fused-ring (bicyclic) bond motifs is 1. The SMILES string of the molecule is CC1CN(c2c(F)cc3c(=O)c(C(=O)O)c[nH]c3c2F)CCN1C. The summed E-state index contributed by atoms with van der Waals surface area (Å²) in [4.78, 5) is 29.3. The number of carboxylic acids is 1. The largest absolute Gasteiger partial charge is 0.477 e. The van der Waals surface area contributed by atoms with Gasteiger partial charge in [0.25, 0.3) is 0 Å². The van der Waals surface area contributed by atoms with E-state index in [1.54, 1.807) is 4.90 Å². The third-order valence-corrected chi connectivity index (χ3v) is 4.55. The summed E-state index contributed by atoms with van der Waals surface area (Å²) in [5.41, 5.74) is -1.84. The topological polar surface area (TPSA) is 76.6 Å². The minimum Gasteiger partial charge on any atom is -0.477 e. The van der Waals surface area contributed by atoms with Crippen LogP contribution in [-0.2, 0) is 0 Å². The van der Waals surface area contributed by atoms with Gasteiger partial charge >= 0.3 is 5.97 Å². The maximum Gasteiger partial charge on any atom is 0.341 e. The van der Waals surface area contributed by atoms with Crippen molar-refractivity contribution in [3.05, 3.63) is 39.7 Å². The Balaban J connectivity index is 2.16. The number of pyridine rings is 1. The van der Waals surface area contributed by atoms with E-state index in [0.717, 1.165) is 12.3 Å². The van der Waals surface area contributed by atoms with Crippen molar-refractivity contribution < 1.29 is 18.7 Å². The molecule has 1 aliphatic rings. The minimum atomic E-state index is -1.45. The van der Waals surface area contributed by atoms with Gasteiger partial charge in [-0.25, -0.2) is 13.6 Å². The number of hydrogen-bond donors (Lipinski definition) is 2. The van der Waals surface area contributed by atoms with Crippen LogP contribution >= 0.6 is 0 Å². The first kappa shape index (κ1) is 16.4. The van der Waals surface area contributed by atoms with Crippen molar-refractivity contribution in [2.45, 2.75) is 13.0 Å². The molecular weight excluding hydrogens is 320 g/mol. The lowest BCUT2D eigenvalue weighted by molar-refractivity contribution is 0.0695. The maximum absolute atomic E-state index is 14.8. The Morgan fingerprint density at radius 1 is 1.38 bits per heavy atom. The van der Waals surface area contributed by atoms with Gasteiger partial charge in [-0.05, 0) is 20.0 Å². The average molecular weight is 337 g/mol. The molecule has 0 spiro atoms. The molecule has 0 saturated carbocycles. The van der Waals surface area contributed by atoms with E-state index in [-0.39, 0.29) is 22.6 Å². The highest BCUT2D eigenvalue weighted by atomic mass is 19.1. The van der Waals surface area contributed by atoms with Crippen molar-refractivity contribution in [1.29, 1.82) is 0 Å². The molecule has 1 aromatic heterocycles. The lowest BCUT2D eigenvalue weighted by atomic mass is 10.1. The number of aromatic carboxylic acids is 1. The molecule has 1 saturated heterocycles. The number of nitrogens with one attached hydrogen (secondary N) is 1. The molecule has 24 heavy (non-hydrogen) atoms. The Kier molecular flexibility index (Phi) is 4.00. The first-order chi connectivity index (χ1) is 11.3. The Bertz CT molecular complexity index is 881. The zero-order valence-corrected chi connectivity index (χ0v) is 13.3. The second-order valence-corrected chi connectivity index (χ2v) is 6.06. The van der Waals surface area contributed by atoms with Gasteiger partial charge in [0, 0.05) is 31.9 Å². The molecule has 1 atom stereocenters. The summed E-state index contributed by atoms with van der Waals surface area (Å²) in [5, 5.41) is 8.65. The highest BCUT2D eigenvalue weighted by molar-refractivity contribution is 5.93. The molecular formula is C16H17F2N3O3. The first-order valence-electron chi connectivity index (χ1n) is 7.53. The van der Waals surface area contributed by atoms with Crippen molar-refractivity contribution >= 4 is 22.6 Å². The predicted octanol–water partition coefficient (Wildman–Crippen LogP) is 1.64. The Hall–Kier alpha value is -2.48. The summed E-state index contributed by atoms with van der Waals surface area (Å²) in [5.74, 6) is -3.20. The fraction of sp³-hybridized carbons (Fsp3) is 0.375. The van der Waals surface area contributed by atoms with E-state index >= 15 is 0 Å². The number of hydrogen-bond acceptors (Lipinski definition) is 4. The van der Waals surface area contributed by atoms with E-state index in [9.17, 15) is 18.4 Å². The molecule has 2 N–H and O–H groups in total. The monoisotopic (exact) mass is 337 g/mol. The smallest absolute Gasteiger partial charge is 0.341 e. The molecule has 1 aromatic carbocycles. The fourth-order valence-corrected chi connectivity index (χ4v) is 2.98. The molecule has 2 heterocycles. The molecule has 128 valence electrons. The second kappa shape index (κ2) is 5.86. The number of halogens is 2. The molecule has 0 aliphatic carbocycles. The molecule has 0 bridgehead atoms. The highest BCUT2D eigenvalue weighted by Crippen LogP contribution is 2.30. The maximum atomic E-state index is 14.8. The Morgan fingerprint density at radius 2 is 2.08 bits per heavy atom. The number of carboxylic acid groups (broad SMARTS) is 1. The van der Waals surface area contributed by atoms with Crippen LogP contribution in [0.5, 0.6) is 0 Å². The molecule has 6 nitrogen and oxygen atoms in total. The zero-order chi connectivity index (χ0) is 17.6. The summed E-state index contributed by atoms with van der Waals surface area (Å²) in [7, 11) is 1.94. The number of likely N-dealkylation sites (N-methyl/N-ethyl adjacent to an activating group) is 1. The molecule has 3 rings (SSSR count). The van der Waals surface area contributed by atoms with Gasteiger partial charge in [-0.3, -0.25) is 4.79 Å². The number of rotatable bonds is 2. The molecule has 8 heteroatoms. The summed E-state index contributed by atoms with van der Waals surface area (Å²) in [6.07, 6.45) is 0.935. The molecule has 0 radical (unpaired) electrons. The van der Waals surface area contributed by atoms with Gasteiger partial charge in [-0.2, -0.15) is 0 Å². The van der Waals surface area contributed by atoms with E-state index in [1.165, 1.54) is 0 Å². The van der Waals surface area contributed by atoms with Gasteiger partial charge in [0.2, 0.25) is 5.43 Å². The average Bonchev–Trinajstić information content (AvgIpc) is 2.51. The standard InChI is InChI=1S/C16H17F2N3O3/c1-8-7-21(4-3-20(8)2)14-11(17)5-9-13(12(14)18)19-6-10(15(9)22)16(23)24/h5-6,8H,3-4,7H2,1-2H3,(H,19,22)(H,23,24). The lowest BCUT2D eigenvalue weighted by Crippen LogP contribution is -2.50. The summed E-state index contributed by atoms with van der Waals surface area (Å²) in [6, 6.07) is 1.03. The number of H-pyrrole nitrogens is 1. The van der Waals surface area contributed by atoms with Crippen LogP contribution in [0, 0.1) is 11.6 Å². The molecule has 1 unspecified atom stereocenters. The van der Waals surface area contributed by atoms with E-state index in [1.807, 2.05) is 14.0 Å². The van der Waals surface area contributed by atoms with Crippen LogP contribution in [0.15, 0.2) is 17.1 Å². The van der Waals surface area contributed by atoms with Crippen molar-refractivity contribution in [3.63, 3.8) is 0 Å². The summed E-state index contributed by atoms with van der Waals surface area (Å²) < 4.78 is 29.3. The quantitative estimate of drug-likeness (QED) is 0.871. The third kappa shape index (κ3) is 2.52. The van der Waals surface area contributed by atoms with Crippen LogP contribution < -0.4 is 10.3 Å². The van der Waals surface area contributed by atoms with E-state index < -0.39 is 28.6 Å². The van der Waals surface area contributed by atoms with Crippen LogP contribution in [-0.4, -0.2) is 53.7 Å². The van der Waals surface area contributed by atoms with Gasteiger partial charge in [0.1, 0.15) is 17.1 Å². The van der Waals surface area contributed by atoms with Crippen molar-refractivity contribution in [2.75, 3.05) is 31.6 Å². The predicted molar refractivity (Wildman–Crippen MR) is 85.7 cm³/mol. The van der Waals surface area contributed by atoms with Crippen molar-refractivity contribution in [3.8, 4) is 0 Å². The number of benzene rings is 1. The Labute approximate surface area is 136 Å². The molecule has 1 fully saturated rings. The van der Waals surface area contributed by atoms with E-state index in [4.69, 9.17) is 5.11 Å². The van der Waals surface area contributed by atoms with Crippen molar-refractivity contribution in [1.82, 2.24) is 9.88 Å². The normalized spacial score (nSPS) is 19.0. The lowest BCUT2D eigenvalue weighted by Gasteiger charge is -2.39. The van der Waals surface area contributed by atoms with Gasteiger partial charge in [-0.15, -0.1) is 0 Å². The molecule has 1 aliphatic heterocycles. The number of nitrogens with zero attached hydrogens (tertiary/aromatic N) is 2. The molecule has 2 aromatic rings. The second-order valence-electron chi connectivity index (χ2n) is 6.06. The highest BCUT2D eigenvalue weighted by Gasteiger charge is 2.27. The molecule has 0 amide bonds. The zero-order valence-electron chi connectivity index (χ0n) is 13.3. The van der Waals surface area contributed by atoms with Gasteiger partial charge in [-0.1, -0.05) is 0 Å². The van der Waals surface area contributed by atoms with Gasteiger partial charge in [0.05, 0.1) is 10.9 Å². The van der Waals surface area contributed by atoms with Crippen molar-refractivity contribution in [2.24, 2.45) is 0 Å². The minimum absolute atomic E-state index is 0.127. The Morgan fingerprint density at radius 3 is 2.71 bits per heavy atom. The van der Waals surface area contributed by atoms with Crippen LogP contribution in [0.25, 0.3) is 10.9 Å². The van der Waals surface area contributed by atoms with Crippen LogP contribution in [0.1, 0.15) is 17.3 Å². The van der Waals surface area contributed by atoms with Gasteiger partial charge < -0.3 is 19.9 Å². The summed E-state index contributed by atoms with van der Waals surface area (Å²) in [6.45, 7) is 3.53. The van der Waals surface area contributed by atoms with Crippen LogP contribution in [0.3, 0.4) is 0 Å². The number of aromatic nitrogens is 1. The van der Waals surface area contributed by atoms with Crippen LogP contribution in [0.4, 0.5) is 14.5 Å². The fourth-order valence-electron chi connectivity index (χ4n) is 2.98. The van der Waals surface area contributed by atoms with E-state index in [0.29, 0.717) is 19.6 Å². The number of aromatic amines is 1. The van der Waals surface area contributed by atoms with Gasteiger partial charge in [0.15, 0.2) is 5.82 Å². The van der Waals surface area contributed by atoms with E-state index in [2.05, 4.69) is 9.88 Å². The number of carbonyl (C=O) groups is 1.